The van der Waals surface area contributed by atoms with Crippen LogP contribution in [0.15, 0.2) is 48.0 Å². The van der Waals surface area contributed by atoms with Gasteiger partial charge in [0, 0.05) is 24.4 Å². The normalized spacial score (nSPS) is 15.8. The summed E-state index contributed by atoms with van der Waals surface area (Å²) in [7, 11) is 0. The number of cyclic esters (lactones) is 2. The molecule has 0 unspecified atom stereocenters. The van der Waals surface area contributed by atoms with E-state index in [1.54, 1.807) is 36.4 Å². The molecule has 1 fully saturated rings. The number of hydrogen-bond donors (Lipinski definition) is 0. The molecule has 0 atom stereocenters. The van der Waals surface area contributed by atoms with E-state index in [1.807, 2.05) is 0 Å². The quantitative estimate of drug-likeness (QED) is 0.443. The van der Waals surface area contributed by atoms with Crippen LogP contribution in [0, 0.1) is 5.82 Å². The highest BCUT2D eigenvalue weighted by molar-refractivity contribution is 6.30. The van der Waals surface area contributed by atoms with Crippen LogP contribution in [0.1, 0.15) is 25.0 Å². The molecule has 2 aromatic carbocycles. The lowest BCUT2D eigenvalue weighted by atomic mass is 10.1. The molecule has 0 aliphatic carbocycles. The lowest BCUT2D eigenvalue weighted by Gasteiger charge is -2.29. The van der Waals surface area contributed by atoms with Gasteiger partial charge in [0.05, 0.1) is 0 Å². The fourth-order valence-electron chi connectivity index (χ4n) is 2.44. The number of carbonyl (C=O) groups is 2. The number of carbonyl (C=O) groups excluding carboxylic acids is 2. The van der Waals surface area contributed by atoms with E-state index >= 15 is 0 Å². The number of ether oxygens (including phenoxy) is 3. The van der Waals surface area contributed by atoms with E-state index in [1.165, 1.54) is 26.0 Å². The van der Waals surface area contributed by atoms with Crippen molar-refractivity contribution in [2.75, 3.05) is 0 Å². The fraction of sp³-hybridized carbons (Fsp3) is 0.200. The van der Waals surface area contributed by atoms with Crippen molar-refractivity contribution in [1.82, 2.24) is 0 Å². The minimum absolute atomic E-state index is 0.00129. The molecule has 5 nitrogen and oxygen atoms in total. The predicted octanol–water partition coefficient (Wildman–Crippen LogP) is 4.28. The van der Waals surface area contributed by atoms with E-state index in [2.05, 4.69) is 0 Å². The zero-order valence-electron chi connectivity index (χ0n) is 14.6. The highest BCUT2D eigenvalue weighted by atomic mass is 35.5. The molecule has 0 bridgehead atoms. The van der Waals surface area contributed by atoms with Gasteiger partial charge in [-0.2, -0.15) is 0 Å². The second-order valence-corrected chi connectivity index (χ2v) is 6.77. The van der Waals surface area contributed by atoms with Gasteiger partial charge in [-0.25, -0.2) is 14.0 Å². The van der Waals surface area contributed by atoms with Gasteiger partial charge in [-0.1, -0.05) is 29.8 Å². The molecule has 0 radical (unpaired) electrons. The molecule has 0 spiro atoms. The Morgan fingerprint density at radius 2 is 1.81 bits per heavy atom. The van der Waals surface area contributed by atoms with E-state index in [9.17, 15) is 14.0 Å². The molecule has 140 valence electrons. The average Bonchev–Trinajstić information content (AvgIpc) is 2.57. The smallest absolute Gasteiger partial charge is 0.348 e. The third-order valence-corrected chi connectivity index (χ3v) is 3.93. The Morgan fingerprint density at radius 1 is 1.11 bits per heavy atom. The Labute approximate surface area is 160 Å². The first-order valence-electron chi connectivity index (χ1n) is 8.09. The number of esters is 2. The highest BCUT2D eigenvalue weighted by Crippen LogP contribution is 2.25. The first-order valence-corrected chi connectivity index (χ1v) is 8.46. The Bertz CT molecular complexity index is 914. The maximum atomic E-state index is 13.8. The van der Waals surface area contributed by atoms with E-state index in [-0.39, 0.29) is 12.2 Å². The summed E-state index contributed by atoms with van der Waals surface area (Å²) in [6.07, 6.45) is 1.36. The maximum Gasteiger partial charge on any atom is 0.348 e. The summed E-state index contributed by atoms with van der Waals surface area (Å²) in [4.78, 5) is 24.0. The Morgan fingerprint density at radius 3 is 2.48 bits per heavy atom. The summed E-state index contributed by atoms with van der Waals surface area (Å²) in [5.41, 5.74) is 0.674. The van der Waals surface area contributed by atoms with Crippen LogP contribution >= 0.6 is 11.6 Å². The molecular weight excluding hydrogens is 375 g/mol. The molecule has 1 saturated heterocycles. The molecule has 1 aliphatic rings. The molecule has 0 aromatic heterocycles. The fourth-order valence-corrected chi connectivity index (χ4v) is 2.60. The molecular formula is C20H16ClFO5. The Hall–Kier alpha value is -2.86. The van der Waals surface area contributed by atoms with Gasteiger partial charge in [-0.15, -0.1) is 0 Å². The van der Waals surface area contributed by atoms with Crippen molar-refractivity contribution in [1.29, 1.82) is 0 Å². The minimum Gasteiger partial charge on any atom is -0.489 e. The van der Waals surface area contributed by atoms with Crippen LogP contribution in [0.2, 0.25) is 5.02 Å². The monoisotopic (exact) mass is 390 g/mol. The van der Waals surface area contributed by atoms with E-state index in [4.69, 9.17) is 25.8 Å². The standard InChI is InChI=1S/C20H16ClFO5/c1-20(2)26-18(23)16(19(24)27-20)9-12-4-3-5-15(8-12)25-11-13-6-7-14(21)10-17(13)22/h3-10H,11H2,1-2H3. The van der Waals surface area contributed by atoms with Crippen LogP contribution in [-0.2, 0) is 25.7 Å². The van der Waals surface area contributed by atoms with Gasteiger partial charge >= 0.3 is 11.9 Å². The maximum absolute atomic E-state index is 13.8. The topological polar surface area (TPSA) is 61.8 Å². The third-order valence-electron chi connectivity index (χ3n) is 3.70. The van der Waals surface area contributed by atoms with Crippen molar-refractivity contribution < 1.29 is 28.2 Å². The number of halogens is 2. The van der Waals surface area contributed by atoms with Crippen molar-refractivity contribution in [3.8, 4) is 5.75 Å². The van der Waals surface area contributed by atoms with Crippen molar-refractivity contribution in [3.05, 3.63) is 70.0 Å². The number of hydrogen-bond acceptors (Lipinski definition) is 5. The Kier molecular flexibility index (Phi) is 5.19. The van der Waals surface area contributed by atoms with Crippen molar-refractivity contribution in [3.63, 3.8) is 0 Å². The van der Waals surface area contributed by atoms with E-state index < -0.39 is 23.5 Å². The highest BCUT2D eigenvalue weighted by Gasteiger charge is 2.38. The zero-order valence-corrected chi connectivity index (χ0v) is 15.4. The number of rotatable bonds is 4. The molecule has 7 heteroatoms. The van der Waals surface area contributed by atoms with Crippen LogP contribution in [-0.4, -0.2) is 17.7 Å². The molecule has 0 N–H and O–H groups in total. The van der Waals surface area contributed by atoms with Crippen molar-refractivity contribution in [2.24, 2.45) is 0 Å². The average molecular weight is 391 g/mol. The molecule has 3 rings (SSSR count). The second kappa shape index (κ2) is 7.40. The number of benzene rings is 2. The molecule has 1 heterocycles. The summed E-state index contributed by atoms with van der Waals surface area (Å²) in [5, 5.41) is 0.305. The van der Waals surface area contributed by atoms with Crippen LogP contribution < -0.4 is 4.74 Å². The van der Waals surface area contributed by atoms with Gasteiger partial charge in [-0.05, 0) is 35.9 Å². The summed E-state index contributed by atoms with van der Waals surface area (Å²) in [5.74, 6) is -2.83. The van der Waals surface area contributed by atoms with Gasteiger partial charge in [0.1, 0.15) is 23.7 Å². The molecule has 1 aliphatic heterocycles. The van der Waals surface area contributed by atoms with E-state index in [0.29, 0.717) is 21.9 Å². The molecule has 0 saturated carbocycles. The van der Waals surface area contributed by atoms with Crippen LogP contribution in [0.5, 0.6) is 5.75 Å². The van der Waals surface area contributed by atoms with Crippen molar-refractivity contribution >= 4 is 29.6 Å². The molecule has 27 heavy (non-hydrogen) atoms. The van der Waals surface area contributed by atoms with Crippen LogP contribution in [0.25, 0.3) is 6.08 Å². The van der Waals surface area contributed by atoms with E-state index in [0.717, 1.165) is 0 Å². The van der Waals surface area contributed by atoms with Gasteiger partial charge < -0.3 is 14.2 Å². The van der Waals surface area contributed by atoms with Gasteiger partial charge in [0.15, 0.2) is 0 Å². The lowest BCUT2D eigenvalue weighted by Crippen LogP contribution is -2.41. The summed E-state index contributed by atoms with van der Waals surface area (Å²) in [6.45, 7) is 2.95. The first kappa shape index (κ1) is 18.9. The second-order valence-electron chi connectivity index (χ2n) is 6.33. The minimum atomic E-state index is -1.29. The zero-order chi connectivity index (χ0) is 19.6. The first-order chi connectivity index (χ1) is 12.7. The van der Waals surface area contributed by atoms with Gasteiger partial charge in [0.2, 0.25) is 0 Å². The summed E-state index contributed by atoms with van der Waals surface area (Å²) in [6, 6.07) is 11.0. The third kappa shape index (κ3) is 4.65. The van der Waals surface area contributed by atoms with Gasteiger partial charge in [-0.3, -0.25) is 0 Å². The Balaban J connectivity index is 1.76. The summed E-state index contributed by atoms with van der Waals surface area (Å²) < 4.78 is 29.5. The van der Waals surface area contributed by atoms with Crippen LogP contribution in [0.4, 0.5) is 4.39 Å². The lowest BCUT2D eigenvalue weighted by molar-refractivity contribution is -0.222. The predicted molar refractivity (Wildman–Crippen MR) is 96.4 cm³/mol. The van der Waals surface area contributed by atoms with Crippen molar-refractivity contribution in [2.45, 2.75) is 26.2 Å². The SMILES string of the molecule is CC1(C)OC(=O)C(=Cc2cccc(OCc3ccc(Cl)cc3F)c2)C(=O)O1. The van der Waals surface area contributed by atoms with Crippen LogP contribution in [0.3, 0.4) is 0 Å². The largest absolute Gasteiger partial charge is 0.489 e. The van der Waals surface area contributed by atoms with Gasteiger partial charge in [0.25, 0.3) is 5.79 Å². The molecule has 2 aromatic rings. The molecule has 0 amide bonds. The summed E-state index contributed by atoms with van der Waals surface area (Å²) >= 11 is 5.73.